The largest absolute Gasteiger partial charge is 0.457 e. The van der Waals surface area contributed by atoms with Crippen LogP contribution in [-0.2, 0) is 9.84 Å². The van der Waals surface area contributed by atoms with E-state index in [1.165, 1.54) is 11.8 Å². The van der Waals surface area contributed by atoms with Gasteiger partial charge in [-0.25, -0.2) is 8.42 Å². The van der Waals surface area contributed by atoms with Gasteiger partial charge in [0, 0.05) is 22.2 Å². The molecule has 5 rings (SSSR count). The van der Waals surface area contributed by atoms with Gasteiger partial charge in [-0.15, -0.1) is 0 Å². The van der Waals surface area contributed by atoms with Gasteiger partial charge in [0.25, 0.3) is 5.91 Å². The topological polar surface area (TPSA) is 96.9 Å². The summed E-state index contributed by atoms with van der Waals surface area (Å²) in [6.45, 7) is 0. The molecular weight excluding hydrogens is 458 g/mol. The lowest BCUT2D eigenvalue weighted by Crippen LogP contribution is -2.13. The van der Waals surface area contributed by atoms with Crippen LogP contribution in [0.3, 0.4) is 0 Å². The number of carbonyl (C=O) groups excluding carboxylic acids is 1. The second-order valence-electron chi connectivity index (χ2n) is 7.83. The molecule has 9 heteroatoms. The number of anilines is 2. The molecule has 0 aromatic heterocycles. The maximum Gasteiger partial charge on any atom is 0.255 e. The van der Waals surface area contributed by atoms with Crippen LogP contribution >= 0.6 is 11.8 Å². The molecule has 1 fully saturated rings. The molecule has 2 aliphatic heterocycles. The summed E-state index contributed by atoms with van der Waals surface area (Å²) in [6.07, 6.45) is 0. The molecule has 0 bridgehead atoms. The van der Waals surface area contributed by atoms with Crippen molar-refractivity contribution in [3.63, 3.8) is 0 Å². The molecule has 0 saturated carbocycles. The van der Waals surface area contributed by atoms with Crippen molar-refractivity contribution in [2.24, 2.45) is 4.99 Å². The molecule has 33 heavy (non-hydrogen) atoms. The van der Waals surface area contributed by atoms with Crippen LogP contribution in [0, 0.1) is 0 Å². The van der Waals surface area contributed by atoms with Crippen LogP contribution in [-0.4, -0.2) is 42.3 Å². The molecule has 2 atom stereocenters. The molecule has 3 aromatic carbocycles. The first-order valence-electron chi connectivity index (χ1n) is 10.4. The first-order valence-corrected chi connectivity index (χ1v) is 13.1. The highest BCUT2D eigenvalue weighted by Crippen LogP contribution is 2.34. The highest BCUT2D eigenvalue weighted by atomic mass is 32.2. The normalized spacial score (nSPS) is 20.5. The molecule has 1 saturated heterocycles. The Morgan fingerprint density at radius 2 is 1.55 bits per heavy atom. The van der Waals surface area contributed by atoms with Crippen LogP contribution in [0.5, 0.6) is 11.5 Å². The number of sulfone groups is 1. The van der Waals surface area contributed by atoms with E-state index in [4.69, 9.17) is 4.74 Å². The Balaban J connectivity index is 1.16. The average Bonchev–Trinajstić information content (AvgIpc) is 3.28. The van der Waals surface area contributed by atoms with Crippen molar-refractivity contribution in [2.45, 2.75) is 11.3 Å². The van der Waals surface area contributed by atoms with E-state index < -0.39 is 9.84 Å². The van der Waals surface area contributed by atoms with Crippen molar-refractivity contribution in [3.05, 3.63) is 84.4 Å². The molecule has 1 amide bonds. The van der Waals surface area contributed by atoms with Gasteiger partial charge in [-0.2, -0.15) is 0 Å². The first-order chi connectivity index (χ1) is 15.9. The number of rotatable bonds is 5. The van der Waals surface area contributed by atoms with E-state index in [1.807, 2.05) is 30.3 Å². The van der Waals surface area contributed by atoms with E-state index in [1.54, 1.807) is 48.5 Å². The summed E-state index contributed by atoms with van der Waals surface area (Å²) in [5, 5.41) is 6.80. The third-order valence-corrected chi connectivity index (χ3v) is 8.45. The van der Waals surface area contributed by atoms with Gasteiger partial charge in [0.2, 0.25) is 0 Å². The van der Waals surface area contributed by atoms with Gasteiger partial charge >= 0.3 is 0 Å². The van der Waals surface area contributed by atoms with Gasteiger partial charge in [-0.1, -0.05) is 30.0 Å². The molecule has 7 nitrogen and oxygen atoms in total. The van der Waals surface area contributed by atoms with E-state index in [0.717, 1.165) is 16.6 Å². The Morgan fingerprint density at radius 3 is 2.24 bits per heavy atom. The van der Waals surface area contributed by atoms with E-state index in [0.29, 0.717) is 17.0 Å². The van der Waals surface area contributed by atoms with Gasteiger partial charge < -0.3 is 15.4 Å². The van der Waals surface area contributed by atoms with Crippen molar-refractivity contribution >= 4 is 44.0 Å². The number of carbonyl (C=O) groups is 1. The van der Waals surface area contributed by atoms with Crippen molar-refractivity contribution in [3.8, 4) is 11.5 Å². The van der Waals surface area contributed by atoms with E-state index in [-0.39, 0.29) is 28.7 Å². The fourth-order valence-corrected chi connectivity index (χ4v) is 7.35. The average molecular weight is 480 g/mol. The lowest BCUT2D eigenvalue weighted by Gasteiger charge is -2.09. The molecule has 2 unspecified atom stereocenters. The summed E-state index contributed by atoms with van der Waals surface area (Å²) in [7, 11) is -2.97. The number of thioether (sulfide) groups is 1. The SMILES string of the molecule is O=C(Nc1ccc(Oc2ccccc2)cc1)c1ccc(NC2=NC3CS(=O)(=O)CC3S2)cc1. The zero-order chi connectivity index (χ0) is 22.8. The van der Waals surface area contributed by atoms with Crippen molar-refractivity contribution in [1.29, 1.82) is 0 Å². The number of fused-ring (bicyclic) bond motifs is 1. The lowest BCUT2D eigenvalue weighted by molar-refractivity contribution is 0.102. The number of nitrogens with one attached hydrogen (secondary N) is 2. The predicted octanol–water partition coefficient (Wildman–Crippen LogP) is 4.41. The van der Waals surface area contributed by atoms with Gasteiger partial charge in [0.1, 0.15) is 11.5 Å². The minimum Gasteiger partial charge on any atom is -0.457 e. The highest BCUT2D eigenvalue weighted by molar-refractivity contribution is 8.15. The summed E-state index contributed by atoms with van der Waals surface area (Å²) in [5.41, 5.74) is 1.98. The zero-order valence-corrected chi connectivity index (χ0v) is 19.1. The Kier molecular flexibility index (Phi) is 5.82. The summed E-state index contributed by atoms with van der Waals surface area (Å²) >= 11 is 1.46. The number of hydrogen-bond donors (Lipinski definition) is 2. The number of amidine groups is 1. The number of nitrogens with zero attached hydrogens (tertiary/aromatic N) is 1. The lowest BCUT2D eigenvalue weighted by atomic mass is 10.2. The molecule has 2 N–H and O–H groups in total. The fraction of sp³-hybridized carbons (Fsp3) is 0.167. The van der Waals surface area contributed by atoms with Gasteiger partial charge in [-0.05, 0) is 60.7 Å². The highest BCUT2D eigenvalue weighted by Gasteiger charge is 2.42. The van der Waals surface area contributed by atoms with Crippen molar-refractivity contribution in [1.82, 2.24) is 0 Å². The number of para-hydroxylation sites is 1. The molecule has 3 aromatic rings. The van der Waals surface area contributed by atoms with Crippen LogP contribution in [0.2, 0.25) is 0 Å². The molecule has 0 aliphatic carbocycles. The van der Waals surface area contributed by atoms with Crippen LogP contribution < -0.4 is 15.4 Å². The molecule has 0 radical (unpaired) electrons. The predicted molar refractivity (Wildman–Crippen MR) is 132 cm³/mol. The minimum absolute atomic E-state index is 0.00738. The first kappa shape index (κ1) is 21.5. The van der Waals surface area contributed by atoms with Crippen LogP contribution in [0.1, 0.15) is 10.4 Å². The number of hydrogen-bond acceptors (Lipinski definition) is 7. The Bertz CT molecular complexity index is 1290. The Hall–Kier alpha value is -3.30. The third kappa shape index (κ3) is 5.20. The third-order valence-electron chi connectivity index (χ3n) is 5.31. The van der Waals surface area contributed by atoms with E-state index in [9.17, 15) is 13.2 Å². The molecule has 2 aliphatic rings. The second-order valence-corrected chi connectivity index (χ2v) is 11.2. The molecular formula is C24H21N3O4S2. The van der Waals surface area contributed by atoms with Crippen molar-refractivity contribution in [2.75, 3.05) is 22.1 Å². The van der Waals surface area contributed by atoms with Gasteiger partial charge in [0.05, 0.1) is 17.5 Å². The summed E-state index contributed by atoms with van der Waals surface area (Å²) in [6, 6.07) is 23.6. The summed E-state index contributed by atoms with van der Waals surface area (Å²) in [5.74, 6) is 1.51. The van der Waals surface area contributed by atoms with Gasteiger partial charge in [-0.3, -0.25) is 9.79 Å². The van der Waals surface area contributed by atoms with E-state index in [2.05, 4.69) is 15.6 Å². The monoisotopic (exact) mass is 479 g/mol. The smallest absolute Gasteiger partial charge is 0.255 e. The maximum absolute atomic E-state index is 12.6. The Labute approximate surface area is 196 Å². The quantitative estimate of drug-likeness (QED) is 0.563. The molecule has 2 heterocycles. The summed E-state index contributed by atoms with van der Waals surface area (Å²) in [4.78, 5) is 17.1. The Morgan fingerprint density at radius 1 is 0.879 bits per heavy atom. The maximum atomic E-state index is 12.6. The standard InChI is InChI=1S/C24H21N3O4S2/c28-23(25-17-10-12-20(13-11-17)31-19-4-2-1-3-5-19)16-6-8-18(9-7-16)26-24-27-21-14-33(29,30)15-22(21)32-24/h1-13,21-22H,14-15H2,(H,25,28)(H,26,27). The number of benzene rings is 3. The van der Waals surface area contributed by atoms with Gasteiger partial charge in [0.15, 0.2) is 15.0 Å². The number of aliphatic imine (C=N–C) groups is 1. The van der Waals surface area contributed by atoms with Crippen LogP contribution in [0.25, 0.3) is 0 Å². The summed E-state index contributed by atoms with van der Waals surface area (Å²) < 4.78 is 29.1. The fourth-order valence-electron chi connectivity index (χ4n) is 3.68. The van der Waals surface area contributed by atoms with Crippen LogP contribution in [0.15, 0.2) is 83.9 Å². The minimum atomic E-state index is -2.97. The molecule has 0 spiro atoms. The van der Waals surface area contributed by atoms with Crippen LogP contribution in [0.4, 0.5) is 11.4 Å². The number of ether oxygens (including phenoxy) is 1. The second kappa shape index (κ2) is 8.92. The molecule has 168 valence electrons. The zero-order valence-electron chi connectivity index (χ0n) is 17.5. The number of amides is 1. The van der Waals surface area contributed by atoms with E-state index >= 15 is 0 Å². The van der Waals surface area contributed by atoms with Crippen molar-refractivity contribution < 1.29 is 17.9 Å².